The molecule has 2 rings (SSSR count). The van der Waals surface area contributed by atoms with Crippen molar-refractivity contribution in [2.45, 2.75) is 46.0 Å². The minimum atomic E-state index is -0.475. The standard InChI is InChI=1S/C29H36O8/c1-4-22(3)28(31)36-21-9-7-19-33-24-12-10-23(11-13-24)29(32)37-26-16-14-25(15-17-26)34-18-6-8-20-35-27(30)5-2/h5,10-17,22H,2,4,6-9,18-21H2,1,3H3. The molecule has 200 valence electrons. The van der Waals surface area contributed by atoms with E-state index in [4.69, 9.17) is 23.7 Å². The average molecular weight is 513 g/mol. The van der Waals surface area contributed by atoms with Gasteiger partial charge in [0.2, 0.25) is 0 Å². The van der Waals surface area contributed by atoms with E-state index >= 15 is 0 Å². The van der Waals surface area contributed by atoms with Crippen LogP contribution in [-0.4, -0.2) is 44.3 Å². The van der Waals surface area contributed by atoms with E-state index in [-0.39, 0.29) is 11.9 Å². The molecule has 37 heavy (non-hydrogen) atoms. The molecule has 0 aromatic heterocycles. The lowest BCUT2D eigenvalue weighted by atomic mass is 10.1. The van der Waals surface area contributed by atoms with Crippen molar-refractivity contribution in [3.8, 4) is 17.2 Å². The van der Waals surface area contributed by atoms with Crippen LogP contribution in [0.15, 0.2) is 61.2 Å². The molecular weight excluding hydrogens is 476 g/mol. The number of benzene rings is 2. The van der Waals surface area contributed by atoms with Gasteiger partial charge in [0.1, 0.15) is 17.2 Å². The van der Waals surface area contributed by atoms with Gasteiger partial charge in [0.25, 0.3) is 0 Å². The zero-order chi connectivity index (χ0) is 26.9. The minimum absolute atomic E-state index is 0.0702. The fraction of sp³-hybridized carbons (Fsp3) is 0.414. The Balaban J connectivity index is 1.64. The fourth-order valence-corrected chi connectivity index (χ4v) is 2.96. The Labute approximate surface area is 218 Å². The maximum absolute atomic E-state index is 12.4. The van der Waals surface area contributed by atoms with Gasteiger partial charge in [0.15, 0.2) is 0 Å². The zero-order valence-corrected chi connectivity index (χ0v) is 21.6. The topological polar surface area (TPSA) is 97.4 Å². The molecule has 1 unspecified atom stereocenters. The van der Waals surface area contributed by atoms with Crippen molar-refractivity contribution < 1.29 is 38.1 Å². The first-order valence-corrected chi connectivity index (χ1v) is 12.6. The average Bonchev–Trinajstić information content (AvgIpc) is 2.92. The Morgan fingerprint density at radius 1 is 0.757 bits per heavy atom. The van der Waals surface area contributed by atoms with E-state index in [1.54, 1.807) is 48.5 Å². The van der Waals surface area contributed by atoms with Crippen LogP contribution in [0.3, 0.4) is 0 Å². The van der Waals surface area contributed by atoms with E-state index < -0.39 is 11.9 Å². The second kappa shape index (κ2) is 16.8. The Bertz CT molecular complexity index is 982. The molecule has 0 heterocycles. The van der Waals surface area contributed by atoms with Crippen LogP contribution in [0, 0.1) is 5.92 Å². The normalized spacial score (nSPS) is 11.2. The molecule has 2 aromatic rings. The molecule has 0 fully saturated rings. The Morgan fingerprint density at radius 3 is 1.78 bits per heavy atom. The third-order valence-corrected chi connectivity index (χ3v) is 5.41. The lowest BCUT2D eigenvalue weighted by molar-refractivity contribution is -0.148. The highest BCUT2D eigenvalue weighted by Gasteiger charge is 2.11. The molecule has 0 aliphatic heterocycles. The van der Waals surface area contributed by atoms with Crippen molar-refractivity contribution in [1.82, 2.24) is 0 Å². The summed E-state index contributed by atoms with van der Waals surface area (Å²) in [6, 6.07) is 13.5. The molecule has 0 aliphatic carbocycles. The van der Waals surface area contributed by atoms with Crippen LogP contribution >= 0.6 is 0 Å². The molecule has 2 aromatic carbocycles. The lowest BCUT2D eigenvalue weighted by Crippen LogP contribution is -2.15. The molecule has 8 nitrogen and oxygen atoms in total. The summed E-state index contributed by atoms with van der Waals surface area (Å²) in [5.41, 5.74) is 0.404. The van der Waals surface area contributed by atoms with Crippen LogP contribution in [-0.2, 0) is 19.1 Å². The Hall–Kier alpha value is -3.81. The summed E-state index contributed by atoms with van der Waals surface area (Å²) in [6.45, 7) is 8.83. The number of carbonyl (C=O) groups is 3. The summed E-state index contributed by atoms with van der Waals surface area (Å²) in [5.74, 6) is 0.569. The van der Waals surface area contributed by atoms with E-state index in [1.165, 1.54) is 0 Å². The second-order valence-corrected chi connectivity index (χ2v) is 8.34. The molecule has 0 saturated carbocycles. The number of rotatable bonds is 17. The molecule has 1 atom stereocenters. The summed E-state index contributed by atoms with van der Waals surface area (Å²) in [5, 5.41) is 0. The van der Waals surface area contributed by atoms with Gasteiger partial charge in [-0.25, -0.2) is 9.59 Å². The van der Waals surface area contributed by atoms with E-state index in [0.29, 0.717) is 55.7 Å². The van der Waals surface area contributed by atoms with Gasteiger partial charge in [0, 0.05) is 6.08 Å². The number of esters is 3. The van der Waals surface area contributed by atoms with Crippen LogP contribution in [0.1, 0.15) is 56.3 Å². The quantitative estimate of drug-likeness (QED) is 0.118. The highest BCUT2D eigenvalue weighted by molar-refractivity contribution is 5.91. The van der Waals surface area contributed by atoms with Gasteiger partial charge >= 0.3 is 17.9 Å². The van der Waals surface area contributed by atoms with Gasteiger partial charge in [-0.2, -0.15) is 0 Å². The third-order valence-electron chi connectivity index (χ3n) is 5.41. The summed E-state index contributed by atoms with van der Waals surface area (Å²) < 4.78 is 26.9. The number of carbonyl (C=O) groups excluding carboxylic acids is 3. The van der Waals surface area contributed by atoms with Crippen LogP contribution in [0.4, 0.5) is 0 Å². The molecule has 0 aliphatic rings. The van der Waals surface area contributed by atoms with Gasteiger partial charge in [-0.1, -0.05) is 20.4 Å². The molecule has 0 radical (unpaired) electrons. The smallest absolute Gasteiger partial charge is 0.343 e. The maximum Gasteiger partial charge on any atom is 0.343 e. The van der Waals surface area contributed by atoms with Crippen LogP contribution < -0.4 is 14.2 Å². The highest BCUT2D eigenvalue weighted by atomic mass is 16.5. The van der Waals surface area contributed by atoms with Crippen LogP contribution in [0.5, 0.6) is 17.2 Å². The monoisotopic (exact) mass is 512 g/mol. The number of unbranched alkanes of at least 4 members (excludes halogenated alkanes) is 2. The molecule has 0 bridgehead atoms. The molecule has 0 N–H and O–H groups in total. The first kappa shape index (κ1) is 29.4. The number of ether oxygens (including phenoxy) is 5. The molecule has 0 saturated heterocycles. The fourth-order valence-electron chi connectivity index (χ4n) is 2.96. The van der Waals surface area contributed by atoms with E-state index in [9.17, 15) is 14.4 Å². The van der Waals surface area contributed by atoms with Crippen molar-refractivity contribution in [2.24, 2.45) is 5.92 Å². The van der Waals surface area contributed by atoms with Crippen molar-refractivity contribution in [2.75, 3.05) is 26.4 Å². The van der Waals surface area contributed by atoms with Crippen molar-refractivity contribution >= 4 is 17.9 Å². The van der Waals surface area contributed by atoms with Gasteiger partial charge in [-0.3, -0.25) is 4.79 Å². The minimum Gasteiger partial charge on any atom is -0.494 e. The zero-order valence-electron chi connectivity index (χ0n) is 21.6. The van der Waals surface area contributed by atoms with Gasteiger partial charge in [0.05, 0.1) is 37.9 Å². The number of hydrogen-bond donors (Lipinski definition) is 0. The van der Waals surface area contributed by atoms with Crippen molar-refractivity contribution in [3.63, 3.8) is 0 Å². The second-order valence-electron chi connectivity index (χ2n) is 8.34. The van der Waals surface area contributed by atoms with Crippen LogP contribution in [0.2, 0.25) is 0 Å². The van der Waals surface area contributed by atoms with Gasteiger partial charge < -0.3 is 23.7 Å². The molecule has 0 amide bonds. The highest BCUT2D eigenvalue weighted by Crippen LogP contribution is 2.20. The lowest BCUT2D eigenvalue weighted by Gasteiger charge is -2.10. The summed E-state index contributed by atoms with van der Waals surface area (Å²) in [4.78, 5) is 35.0. The van der Waals surface area contributed by atoms with Gasteiger partial charge in [-0.05, 0) is 80.6 Å². The summed E-state index contributed by atoms with van der Waals surface area (Å²) >= 11 is 0. The van der Waals surface area contributed by atoms with E-state index in [2.05, 4.69) is 6.58 Å². The summed E-state index contributed by atoms with van der Waals surface area (Å²) in [6.07, 6.45) is 4.80. The van der Waals surface area contributed by atoms with Gasteiger partial charge in [-0.15, -0.1) is 0 Å². The molecular formula is C29H36O8. The van der Waals surface area contributed by atoms with Crippen LogP contribution in [0.25, 0.3) is 0 Å². The number of hydrogen-bond acceptors (Lipinski definition) is 8. The SMILES string of the molecule is C=CC(=O)OCCCCOc1ccc(OC(=O)c2ccc(OCCCCOC(=O)C(C)CC)cc2)cc1. The predicted octanol–water partition coefficient (Wildman–Crippen LogP) is 5.54. The first-order valence-electron chi connectivity index (χ1n) is 12.6. The van der Waals surface area contributed by atoms with Crippen molar-refractivity contribution in [1.29, 1.82) is 0 Å². The maximum atomic E-state index is 12.4. The first-order chi connectivity index (χ1) is 17.9. The summed E-state index contributed by atoms with van der Waals surface area (Å²) in [7, 11) is 0. The largest absolute Gasteiger partial charge is 0.494 e. The van der Waals surface area contributed by atoms with Crippen molar-refractivity contribution in [3.05, 3.63) is 66.7 Å². The predicted molar refractivity (Wildman–Crippen MR) is 139 cm³/mol. The Kier molecular flexibility index (Phi) is 13.3. The molecule has 8 heteroatoms. The van der Waals surface area contributed by atoms with E-state index in [0.717, 1.165) is 31.8 Å². The molecule has 0 spiro atoms. The Morgan fingerprint density at radius 2 is 1.24 bits per heavy atom. The third kappa shape index (κ3) is 11.6. The van der Waals surface area contributed by atoms with E-state index in [1.807, 2.05) is 13.8 Å².